The predicted octanol–water partition coefficient (Wildman–Crippen LogP) is 1.51. The Balaban J connectivity index is 1.85. The Kier molecular flexibility index (Phi) is 3.97. The lowest BCUT2D eigenvalue weighted by atomic mass is 10.1. The number of carbonyl (C=O) groups excluding carboxylic acids is 1. The number of aliphatic hydroxyl groups is 1. The molecule has 0 bridgehead atoms. The van der Waals surface area contributed by atoms with Crippen LogP contribution < -0.4 is 5.32 Å². The summed E-state index contributed by atoms with van der Waals surface area (Å²) in [6.45, 7) is 0.423. The Labute approximate surface area is 105 Å². The van der Waals surface area contributed by atoms with Crippen LogP contribution in [0.4, 0.5) is 0 Å². The number of nitrogens with one attached hydrogen (secondary N) is 1. The van der Waals surface area contributed by atoms with Gasteiger partial charge in [0.05, 0.1) is 12.0 Å². The van der Waals surface area contributed by atoms with Crippen LogP contribution in [0.1, 0.15) is 24.8 Å². The van der Waals surface area contributed by atoms with Gasteiger partial charge in [-0.1, -0.05) is 17.7 Å². The maximum absolute atomic E-state index is 11.8. The first kappa shape index (κ1) is 12.3. The monoisotopic (exact) mass is 254 g/mol. The topological polar surface area (TPSA) is 62.2 Å². The average Bonchev–Trinajstić information content (AvgIpc) is 2.74. The average molecular weight is 255 g/mol. The molecule has 0 aromatic carbocycles. The second-order valence-corrected chi connectivity index (χ2v) is 4.70. The first-order valence-corrected chi connectivity index (χ1v) is 6.11. The van der Waals surface area contributed by atoms with Crippen molar-refractivity contribution in [3.63, 3.8) is 0 Å². The molecule has 4 nitrogen and oxygen atoms in total. The van der Waals surface area contributed by atoms with E-state index in [4.69, 9.17) is 11.6 Å². The zero-order chi connectivity index (χ0) is 12.3. The molecule has 2 rings (SSSR count). The number of aliphatic hydroxyl groups excluding tert-OH is 1. The lowest BCUT2D eigenvalue weighted by Gasteiger charge is -2.14. The number of pyridine rings is 1. The molecule has 5 heteroatoms. The van der Waals surface area contributed by atoms with Crippen LogP contribution in [0.5, 0.6) is 0 Å². The van der Waals surface area contributed by atoms with Gasteiger partial charge in [0.15, 0.2) is 0 Å². The van der Waals surface area contributed by atoms with Crippen molar-refractivity contribution < 1.29 is 9.90 Å². The Morgan fingerprint density at radius 2 is 2.35 bits per heavy atom. The first-order chi connectivity index (χ1) is 8.16. The van der Waals surface area contributed by atoms with E-state index in [9.17, 15) is 9.90 Å². The van der Waals surface area contributed by atoms with E-state index >= 15 is 0 Å². The molecule has 1 fully saturated rings. The van der Waals surface area contributed by atoms with Gasteiger partial charge in [-0.05, 0) is 30.9 Å². The highest BCUT2D eigenvalue weighted by Crippen LogP contribution is 2.25. The molecule has 0 saturated heterocycles. The molecule has 17 heavy (non-hydrogen) atoms. The quantitative estimate of drug-likeness (QED) is 0.804. The number of carbonyl (C=O) groups is 1. The number of aromatic nitrogens is 1. The van der Waals surface area contributed by atoms with Crippen LogP contribution in [0.15, 0.2) is 18.3 Å². The normalized spacial score (nSPS) is 23.6. The Hall–Kier alpha value is -1.13. The summed E-state index contributed by atoms with van der Waals surface area (Å²) in [6.07, 6.45) is 3.56. The van der Waals surface area contributed by atoms with E-state index in [-0.39, 0.29) is 11.8 Å². The van der Waals surface area contributed by atoms with Gasteiger partial charge in [0, 0.05) is 12.7 Å². The highest BCUT2D eigenvalue weighted by molar-refractivity contribution is 6.29. The largest absolute Gasteiger partial charge is 0.392 e. The van der Waals surface area contributed by atoms with E-state index in [0.717, 1.165) is 24.8 Å². The lowest BCUT2D eigenvalue weighted by molar-refractivity contribution is -0.127. The molecule has 1 aromatic heterocycles. The minimum atomic E-state index is -0.488. The summed E-state index contributed by atoms with van der Waals surface area (Å²) in [5.41, 5.74) is 0.898. The summed E-state index contributed by atoms with van der Waals surface area (Å²) in [6, 6.07) is 3.51. The maximum atomic E-state index is 11.8. The summed E-state index contributed by atoms with van der Waals surface area (Å²) in [7, 11) is 0. The highest BCUT2D eigenvalue weighted by atomic mass is 35.5. The number of nitrogens with zero attached hydrogens (tertiary/aromatic N) is 1. The molecule has 1 aromatic rings. The fourth-order valence-electron chi connectivity index (χ4n) is 2.08. The van der Waals surface area contributed by atoms with Crippen molar-refractivity contribution in [3.8, 4) is 0 Å². The minimum Gasteiger partial charge on any atom is -0.392 e. The maximum Gasteiger partial charge on any atom is 0.225 e. The molecule has 92 valence electrons. The van der Waals surface area contributed by atoms with Crippen molar-refractivity contribution in [2.75, 3.05) is 0 Å². The van der Waals surface area contributed by atoms with Gasteiger partial charge in [0.25, 0.3) is 0 Å². The zero-order valence-electron chi connectivity index (χ0n) is 9.40. The lowest BCUT2D eigenvalue weighted by Crippen LogP contribution is -2.34. The number of hydrogen-bond donors (Lipinski definition) is 2. The molecular formula is C12H15ClN2O2. The number of hydrogen-bond acceptors (Lipinski definition) is 3. The number of halogens is 1. The van der Waals surface area contributed by atoms with Crippen molar-refractivity contribution in [1.82, 2.24) is 10.3 Å². The summed E-state index contributed by atoms with van der Waals surface area (Å²) in [4.78, 5) is 15.7. The Morgan fingerprint density at radius 3 is 2.94 bits per heavy atom. The molecular weight excluding hydrogens is 240 g/mol. The zero-order valence-corrected chi connectivity index (χ0v) is 10.2. The van der Waals surface area contributed by atoms with Crippen LogP contribution in [0.2, 0.25) is 5.15 Å². The fourth-order valence-corrected chi connectivity index (χ4v) is 2.19. The molecule has 1 saturated carbocycles. The van der Waals surface area contributed by atoms with E-state index in [2.05, 4.69) is 10.3 Å². The molecule has 1 aliphatic carbocycles. The Bertz CT molecular complexity index is 394. The standard InChI is InChI=1S/C12H15ClN2O2/c13-11-5-4-8(6-14-11)7-15-12(17)9-2-1-3-10(9)16/h4-6,9-10,16H,1-3,7H2,(H,15,17). The SMILES string of the molecule is O=C(NCc1ccc(Cl)nc1)C1CCCC1O. The summed E-state index contributed by atoms with van der Waals surface area (Å²) in [5.74, 6) is -0.333. The fraction of sp³-hybridized carbons (Fsp3) is 0.500. The highest BCUT2D eigenvalue weighted by Gasteiger charge is 2.31. The van der Waals surface area contributed by atoms with E-state index in [1.54, 1.807) is 12.3 Å². The van der Waals surface area contributed by atoms with Crippen LogP contribution in [-0.2, 0) is 11.3 Å². The minimum absolute atomic E-state index is 0.0787. The summed E-state index contributed by atoms with van der Waals surface area (Å²) < 4.78 is 0. The van der Waals surface area contributed by atoms with Crippen LogP contribution in [0.3, 0.4) is 0 Å². The van der Waals surface area contributed by atoms with E-state index in [1.165, 1.54) is 0 Å². The van der Waals surface area contributed by atoms with Gasteiger partial charge in [-0.25, -0.2) is 4.98 Å². The van der Waals surface area contributed by atoms with Crippen molar-refractivity contribution >= 4 is 17.5 Å². The van der Waals surface area contributed by atoms with Crippen molar-refractivity contribution in [2.45, 2.75) is 31.9 Å². The number of rotatable bonds is 3. The van der Waals surface area contributed by atoms with Crippen LogP contribution in [-0.4, -0.2) is 22.1 Å². The molecule has 0 spiro atoms. The van der Waals surface area contributed by atoms with Crippen LogP contribution in [0.25, 0.3) is 0 Å². The molecule has 1 aliphatic rings. The van der Waals surface area contributed by atoms with Gasteiger partial charge < -0.3 is 10.4 Å². The third-order valence-corrected chi connectivity index (χ3v) is 3.30. The van der Waals surface area contributed by atoms with Gasteiger partial charge in [0.2, 0.25) is 5.91 Å². The van der Waals surface area contributed by atoms with Crippen molar-refractivity contribution in [1.29, 1.82) is 0 Å². The van der Waals surface area contributed by atoms with Crippen molar-refractivity contribution in [3.05, 3.63) is 29.0 Å². The summed E-state index contributed by atoms with van der Waals surface area (Å²) in [5, 5.41) is 12.8. The van der Waals surface area contributed by atoms with Gasteiger partial charge in [-0.3, -0.25) is 4.79 Å². The molecule has 2 N–H and O–H groups in total. The Morgan fingerprint density at radius 1 is 1.53 bits per heavy atom. The third-order valence-electron chi connectivity index (χ3n) is 3.07. The van der Waals surface area contributed by atoms with Gasteiger partial charge in [-0.2, -0.15) is 0 Å². The predicted molar refractivity (Wildman–Crippen MR) is 64.4 cm³/mol. The third kappa shape index (κ3) is 3.17. The van der Waals surface area contributed by atoms with Gasteiger partial charge in [0.1, 0.15) is 5.15 Å². The second-order valence-electron chi connectivity index (χ2n) is 4.31. The molecule has 1 amide bonds. The van der Waals surface area contributed by atoms with Gasteiger partial charge in [-0.15, -0.1) is 0 Å². The summed E-state index contributed by atoms with van der Waals surface area (Å²) >= 11 is 5.67. The molecule has 0 radical (unpaired) electrons. The first-order valence-electron chi connectivity index (χ1n) is 5.73. The van der Waals surface area contributed by atoms with E-state index in [1.807, 2.05) is 6.07 Å². The van der Waals surface area contributed by atoms with E-state index in [0.29, 0.717) is 11.7 Å². The van der Waals surface area contributed by atoms with Crippen LogP contribution in [0, 0.1) is 5.92 Å². The van der Waals surface area contributed by atoms with Crippen LogP contribution >= 0.6 is 11.6 Å². The molecule has 0 aliphatic heterocycles. The van der Waals surface area contributed by atoms with E-state index < -0.39 is 6.10 Å². The second kappa shape index (κ2) is 5.47. The van der Waals surface area contributed by atoms with Crippen molar-refractivity contribution in [2.24, 2.45) is 5.92 Å². The molecule has 2 atom stereocenters. The molecule has 2 unspecified atom stereocenters. The van der Waals surface area contributed by atoms with Gasteiger partial charge >= 0.3 is 0 Å². The molecule has 1 heterocycles. The smallest absolute Gasteiger partial charge is 0.225 e. The number of amides is 1.